The fourth-order valence-electron chi connectivity index (χ4n) is 3.41. The van der Waals surface area contributed by atoms with Crippen LogP contribution in [0.4, 0.5) is 0 Å². The molecule has 23 heavy (non-hydrogen) atoms. The predicted octanol–water partition coefficient (Wildman–Crippen LogP) is 2.56. The molecule has 5 nitrogen and oxygen atoms in total. The van der Waals surface area contributed by atoms with Crippen LogP contribution < -0.4 is 5.56 Å². The zero-order chi connectivity index (χ0) is 16.7. The van der Waals surface area contributed by atoms with E-state index < -0.39 is 0 Å². The SMILES string of the molecule is CCn1[nH]cc(C(=O)c2cc(C)c3c(c2C)C(=O)CCC3)c1=O. The lowest BCUT2D eigenvalue weighted by molar-refractivity contribution is 0.0971. The summed E-state index contributed by atoms with van der Waals surface area (Å²) in [6.07, 6.45) is 3.70. The predicted molar refractivity (Wildman–Crippen MR) is 87.3 cm³/mol. The van der Waals surface area contributed by atoms with E-state index in [0.29, 0.717) is 29.7 Å². The third-order valence-electron chi connectivity index (χ3n) is 4.67. The van der Waals surface area contributed by atoms with E-state index in [2.05, 4.69) is 5.10 Å². The van der Waals surface area contributed by atoms with Crippen LogP contribution in [0.15, 0.2) is 17.1 Å². The van der Waals surface area contributed by atoms with Crippen molar-refractivity contribution in [3.8, 4) is 0 Å². The summed E-state index contributed by atoms with van der Waals surface area (Å²) in [6, 6.07) is 1.82. The molecule has 0 fully saturated rings. The quantitative estimate of drug-likeness (QED) is 0.885. The largest absolute Gasteiger partial charge is 0.302 e. The highest BCUT2D eigenvalue weighted by atomic mass is 16.2. The van der Waals surface area contributed by atoms with E-state index in [-0.39, 0.29) is 22.7 Å². The first kappa shape index (κ1) is 15.5. The van der Waals surface area contributed by atoms with Crippen LogP contribution in [0.25, 0.3) is 0 Å². The van der Waals surface area contributed by atoms with Crippen LogP contribution in [0.3, 0.4) is 0 Å². The standard InChI is InChI=1S/C18H20N2O3/c1-4-20-18(23)14(9-19-20)17(22)13-8-10(2)12-6-5-7-15(21)16(12)11(13)3/h8-9,19H,4-7H2,1-3H3. The van der Waals surface area contributed by atoms with Gasteiger partial charge < -0.3 is 5.10 Å². The van der Waals surface area contributed by atoms with Gasteiger partial charge in [0.2, 0.25) is 0 Å². The van der Waals surface area contributed by atoms with Crippen LogP contribution in [0.5, 0.6) is 0 Å². The third kappa shape index (κ3) is 2.36. The normalized spacial score (nSPS) is 14.0. The first-order valence-electron chi connectivity index (χ1n) is 7.94. The van der Waals surface area contributed by atoms with Crippen LogP contribution in [-0.4, -0.2) is 21.3 Å². The van der Waals surface area contributed by atoms with Crippen molar-refractivity contribution in [1.82, 2.24) is 9.78 Å². The maximum Gasteiger partial charge on any atom is 0.277 e. The van der Waals surface area contributed by atoms with Gasteiger partial charge in [0.15, 0.2) is 11.6 Å². The second-order valence-corrected chi connectivity index (χ2v) is 6.06. The molecule has 1 aliphatic carbocycles. The Labute approximate surface area is 134 Å². The number of hydrogen-bond donors (Lipinski definition) is 1. The van der Waals surface area contributed by atoms with Crippen LogP contribution in [-0.2, 0) is 13.0 Å². The van der Waals surface area contributed by atoms with Crippen molar-refractivity contribution in [2.75, 3.05) is 0 Å². The number of aromatic nitrogens is 2. The maximum atomic E-state index is 12.8. The first-order valence-corrected chi connectivity index (χ1v) is 7.94. The molecule has 0 radical (unpaired) electrons. The summed E-state index contributed by atoms with van der Waals surface area (Å²) < 4.78 is 1.39. The zero-order valence-corrected chi connectivity index (χ0v) is 13.7. The molecule has 0 amide bonds. The van der Waals surface area contributed by atoms with Crippen molar-refractivity contribution in [2.45, 2.75) is 46.6 Å². The molecule has 120 valence electrons. The van der Waals surface area contributed by atoms with E-state index in [4.69, 9.17) is 0 Å². The smallest absolute Gasteiger partial charge is 0.277 e. The number of hydrogen-bond acceptors (Lipinski definition) is 3. The Bertz CT molecular complexity index is 871. The van der Waals surface area contributed by atoms with Crippen molar-refractivity contribution < 1.29 is 9.59 Å². The lowest BCUT2D eigenvalue weighted by Crippen LogP contribution is -2.23. The van der Waals surface area contributed by atoms with Crippen molar-refractivity contribution in [2.24, 2.45) is 0 Å². The number of carbonyl (C=O) groups excluding carboxylic acids is 2. The molecule has 0 spiro atoms. The van der Waals surface area contributed by atoms with Crippen molar-refractivity contribution >= 4 is 11.6 Å². The minimum atomic E-state index is -0.321. The maximum absolute atomic E-state index is 12.8. The molecule has 0 aliphatic heterocycles. The van der Waals surface area contributed by atoms with E-state index in [9.17, 15) is 14.4 Å². The highest BCUT2D eigenvalue weighted by Crippen LogP contribution is 2.30. The van der Waals surface area contributed by atoms with Crippen molar-refractivity contribution in [3.05, 3.63) is 56.0 Å². The number of Topliss-reactive ketones (excluding diaryl/α,β-unsaturated/α-hetero) is 1. The molecule has 1 N–H and O–H groups in total. The second-order valence-electron chi connectivity index (χ2n) is 6.06. The highest BCUT2D eigenvalue weighted by molar-refractivity contribution is 6.12. The number of aromatic amines is 1. The van der Waals surface area contributed by atoms with E-state index in [1.807, 2.05) is 19.9 Å². The molecule has 0 saturated heterocycles. The molecule has 0 unspecified atom stereocenters. The van der Waals surface area contributed by atoms with E-state index in [1.165, 1.54) is 10.9 Å². The molecule has 5 heteroatoms. The van der Waals surface area contributed by atoms with Gasteiger partial charge in [0.25, 0.3) is 5.56 Å². The fraction of sp³-hybridized carbons (Fsp3) is 0.389. The third-order valence-corrected chi connectivity index (χ3v) is 4.67. The Morgan fingerprint density at radius 1 is 1.22 bits per heavy atom. The molecular weight excluding hydrogens is 292 g/mol. The topological polar surface area (TPSA) is 71.9 Å². The summed E-state index contributed by atoms with van der Waals surface area (Å²) in [5.41, 5.74) is 3.64. The molecule has 0 atom stereocenters. The van der Waals surface area contributed by atoms with Gasteiger partial charge in [-0.2, -0.15) is 0 Å². The Hall–Kier alpha value is -2.43. The monoisotopic (exact) mass is 312 g/mol. The highest BCUT2D eigenvalue weighted by Gasteiger charge is 2.26. The molecule has 1 aromatic carbocycles. The number of ketones is 2. The lowest BCUT2D eigenvalue weighted by Gasteiger charge is -2.21. The number of carbonyl (C=O) groups is 2. The van der Waals surface area contributed by atoms with Gasteiger partial charge in [-0.1, -0.05) is 0 Å². The Kier molecular flexibility index (Phi) is 3.80. The van der Waals surface area contributed by atoms with Gasteiger partial charge in [-0.15, -0.1) is 0 Å². The number of rotatable bonds is 3. The number of H-pyrrole nitrogens is 1. The van der Waals surface area contributed by atoms with Gasteiger partial charge >= 0.3 is 0 Å². The zero-order valence-electron chi connectivity index (χ0n) is 13.7. The van der Waals surface area contributed by atoms with Crippen molar-refractivity contribution in [1.29, 1.82) is 0 Å². The van der Waals surface area contributed by atoms with Gasteiger partial charge in [0, 0.05) is 30.3 Å². The van der Waals surface area contributed by atoms with Gasteiger partial charge in [0.05, 0.1) is 0 Å². The molecular formula is C18H20N2O3. The minimum Gasteiger partial charge on any atom is -0.302 e. The van der Waals surface area contributed by atoms with Gasteiger partial charge in [-0.05, 0) is 56.4 Å². The molecule has 0 bridgehead atoms. The van der Waals surface area contributed by atoms with Crippen LogP contribution in [0.1, 0.15) is 62.7 Å². The number of benzene rings is 1. The summed E-state index contributed by atoms with van der Waals surface area (Å²) in [7, 11) is 0. The summed E-state index contributed by atoms with van der Waals surface area (Å²) in [5.74, 6) is -0.221. The average Bonchev–Trinajstić information content (AvgIpc) is 2.90. The summed E-state index contributed by atoms with van der Waals surface area (Å²) in [6.45, 7) is 6.04. The fourth-order valence-corrected chi connectivity index (χ4v) is 3.41. The van der Waals surface area contributed by atoms with E-state index in [1.54, 1.807) is 6.92 Å². The summed E-state index contributed by atoms with van der Waals surface area (Å²) in [4.78, 5) is 37.3. The number of fused-ring (bicyclic) bond motifs is 1. The number of nitrogens with one attached hydrogen (secondary N) is 1. The average molecular weight is 312 g/mol. The van der Waals surface area contributed by atoms with Crippen molar-refractivity contribution in [3.63, 3.8) is 0 Å². The first-order chi connectivity index (χ1) is 11.0. The van der Waals surface area contributed by atoms with E-state index in [0.717, 1.165) is 24.0 Å². The Morgan fingerprint density at radius 3 is 2.61 bits per heavy atom. The summed E-state index contributed by atoms with van der Waals surface area (Å²) in [5, 5.41) is 2.80. The van der Waals surface area contributed by atoms with Crippen LogP contribution >= 0.6 is 0 Å². The number of nitrogens with zero attached hydrogens (tertiary/aromatic N) is 1. The number of aryl methyl sites for hydroxylation is 2. The molecule has 3 rings (SSSR count). The molecule has 1 aromatic heterocycles. The Balaban J connectivity index is 2.17. The minimum absolute atomic E-state index is 0.0986. The van der Waals surface area contributed by atoms with Crippen LogP contribution in [0, 0.1) is 13.8 Å². The lowest BCUT2D eigenvalue weighted by atomic mass is 9.81. The van der Waals surface area contributed by atoms with Crippen LogP contribution in [0.2, 0.25) is 0 Å². The second kappa shape index (κ2) is 5.65. The summed E-state index contributed by atoms with van der Waals surface area (Å²) >= 11 is 0. The van der Waals surface area contributed by atoms with Gasteiger partial charge in [-0.25, -0.2) is 0 Å². The molecule has 2 aromatic rings. The molecule has 0 saturated carbocycles. The van der Waals surface area contributed by atoms with E-state index >= 15 is 0 Å². The van der Waals surface area contributed by atoms with Gasteiger partial charge in [-0.3, -0.25) is 19.1 Å². The van der Waals surface area contributed by atoms with Gasteiger partial charge in [0.1, 0.15) is 5.56 Å². The molecule has 1 aliphatic rings. The molecule has 1 heterocycles. The Morgan fingerprint density at radius 2 is 1.96 bits per heavy atom.